The van der Waals surface area contributed by atoms with E-state index in [1.807, 2.05) is 0 Å². The van der Waals surface area contributed by atoms with Crippen molar-refractivity contribution in [2.24, 2.45) is 0 Å². The molecule has 7 nitrogen and oxygen atoms in total. The molecule has 2 rings (SSSR count). The average molecular weight is 376 g/mol. The monoisotopic (exact) mass is 376 g/mol. The van der Waals surface area contributed by atoms with Gasteiger partial charge in [-0.15, -0.1) is 0 Å². The Balaban J connectivity index is 2.02. The third-order valence-electron chi connectivity index (χ3n) is 3.85. The number of carbonyl (C=O) groups is 2. The third kappa shape index (κ3) is 4.70. The van der Waals surface area contributed by atoms with Crippen molar-refractivity contribution in [1.82, 2.24) is 10.2 Å². The number of carboxylic acid groups (broad SMARTS) is 1. The highest BCUT2D eigenvalue weighted by Gasteiger charge is 2.43. The van der Waals surface area contributed by atoms with Crippen LogP contribution in [0, 0.1) is 0 Å². The van der Waals surface area contributed by atoms with Gasteiger partial charge in [0.2, 0.25) is 0 Å². The first-order chi connectivity index (χ1) is 12.1. The molecule has 1 aromatic carbocycles. The second-order valence-electron chi connectivity index (χ2n) is 5.77. The number of alkyl halides is 3. The Morgan fingerprint density at radius 3 is 2.54 bits per heavy atom. The summed E-state index contributed by atoms with van der Waals surface area (Å²) in [4.78, 5) is 22.7. The molecule has 2 atom stereocenters. The van der Waals surface area contributed by atoms with Crippen molar-refractivity contribution >= 4 is 12.0 Å². The van der Waals surface area contributed by atoms with Gasteiger partial charge < -0.3 is 24.8 Å². The zero-order valence-electron chi connectivity index (χ0n) is 14.2. The van der Waals surface area contributed by atoms with E-state index in [9.17, 15) is 22.8 Å². The Labute approximate surface area is 147 Å². The summed E-state index contributed by atoms with van der Waals surface area (Å²) in [5.41, 5.74) is 0.667. The van der Waals surface area contributed by atoms with Crippen molar-refractivity contribution in [3.8, 4) is 11.5 Å². The zero-order chi connectivity index (χ0) is 19.5. The number of likely N-dealkylation sites (N-methyl/N-ethyl adjacent to an activating group) is 1. The van der Waals surface area contributed by atoms with Crippen LogP contribution in [0.3, 0.4) is 0 Å². The predicted molar refractivity (Wildman–Crippen MR) is 84.1 cm³/mol. The molecule has 1 aromatic rings. The Bertz CT molecular complexity index is 680. The van der Waals surface area contributed by atoms with E-state index >= 15 is 0 Å². The molecule has 0 radical (unpaired) electrons. The van der Waals surface area contributed by atoms with Crippen molar-refractivity contribution in [2.75, 3.05) is 13.1 Å². The van der Waals surface area contributed by atoms with E-state index in [1.54, 1.807) is 18.2 Å². The molecule has 0 aliphatic carbocycles. The van der Waals surface area contributed by atoms with E-state index in [0.29, 0.717) is 17.1 Å². The van der Waals surface area contributed by atoms with Crippen molar-refractivity contribution in [3.63, 3.8) is 0 Å². The van der Waals surface area contributed by atoms with Gasteiger partial charge in [-0.1, -0.05) is 6.07 Å². The number of nitrogens with one attached hydrogen (secondary N) is 1. The van der Waals surface area contributed by atoms with Crippen LogP contribution in [0.1, 0.15) is 19.4 Å². The normalized spacial score (nSPS) is 16.9. The Morgan fingerprint density at radius 1 is 1.31 bits per heavy atom. The van der Waals surface area contributed by atoms with Crippen LogP contribution in [0.5, 0.6) is 11.5 Å². The molecule has 0 aromatic heterocycles. The minimum atomic E-state index is -4.91. The molecule has 0 spiro atoms. The Morgan fingerprint density at radius 2 is 1.96 bits per heavy atom. The van der Waals surface area contributed by atoms with Crippen LogP contribution >= 0.6 is 0 Å². The van der Waals surface area contributed by atoms with Crippen LogP contribution in [0.25, 0.3) is 0 Å². The van der Waals surface area contributed by atoms with Gasteiger partial charge in [-0.25, -0.2) is 4.79 Å². The van der Waals surface area contributed by atoms with Crippen molar-refractivity contribution < 1.29 is 37.3 Å². The number of halogens is 3. The molecule has 0 saturated heterocycles. The number of hydrogen-bond acceptors (Lipinski definition) is 4. The van der Waals surface area contributed by atoms with Gasteiger partial charge in [-0.2, -0.15) is 13.2 Å². The van der Waals surface area contributed by atoms with Gasteiger partial charge in [0.25, 0.3) is 6.29 Å². The fraction of sp³-hybridized carbons (Fsp3) is 0.500. The number of fused-ring (bicyclic) bond motifs is 1. The second-order valence-corrected chi connectivity index (χ2v) is 5.77. The van der Waals surface area contributed by atoms with Crippen LogP contribution in [0.4, 0.5) is 18.0 Å². The Hall–Kier alpha value is -2.65. The molecular formula is C16H19F3N2O5. The minimum absolute atomic E-state index is 0.0625. The van der Waals surface area contributed by atoms with Crippen molar-refractivity contribution in [3.05, 3.63) is 23.8 Å². The Kier molecular flexibility index (Phi) is 5.83. The maximum atomic E-state index is 12.7. The zero-order valence-corrected chi connectivity index (χ0v) is 14.2. The second kappa shape index (κ2) is 7.71. The molecule has 1 heterocycles. The number of ether oxygens (including phenoxy) is 2. The summed E-state index contributed by atoms with van der Waals surface area (Å²) in [6.45, 7) is 2.89. The van der Waals surface area contributed by atoms with E-state index < -0.39 is 30.5 Å². The first-order valence-corrected chi connectivity index (χ1v) is 7.92. The topological polar surface area (TPSA) is 88.1 Å². The fourth-order valence-corrected chi connectivity index (χ4v) is 2.70. The third-order valence-corrected chi connectivity index (χ3v) is 3.85. The van der Waals surface area contributed by atoms with E-state index in [-0.39, 0.29) is 19.5 Å². The maximum absolute atomic E-state index is 12.7. The number of rotatable bonds is 6. The molecule has 0 bridgehead atoms. The van der Waals surface area contributed by atoms with Crippen LogP contribution in [-0.4, -0.2) is 53.6 Å². The van der Waals surface area contributed by atoms with Gasteiger partial charge >= 0.3 is 18.2 Å². The molecule has 2 amide bonds. The largest absolute Gasteiger partial charge is 0.471 e. The summed E-state index contributed by atoms with van der Waals surface area (Å²) in [7, 11) is 0. The van der Waals surface area contributed by atoms with E-state index in [0.717, 1.165) is 4.90 Å². The lowest BCUT2D eigenvalue weighted by Gasteiger charge is -2.28. The summed E-state index contributed by atoms with van der Waals surface area (Å²) in [5, 5.41) is 10.7. The van der Waals surface area contributed by atoms with Gasteiger partial charge in [0.15, 0.2) is 11.5 Å². The van der Waals surface area contributed by atoms with Gasteiger partial charge in [-0.3, -0.25) is 4.79 Å². The standard InChI is InChI=1S/C16H19F3N2O5/c1-3-21(14(22)16(17,18)19)9(2)6-10-4-5-11-12(7-10)26-13(25-11)8-20-15(23)24/h4-5,7,9,13,20H,3,6,8H2,1-2H3,(H,23,24). The van der Waals surface area contributed by atoms with Crippen LogP contribution < -0.4 is 14.8 Å². The smallest absolute Gasteiger partial charge is 0.465 e. The van der Waals surface area contributed by atoms with Crippen molar-refractivity contribution in [1.29, 1.82) is 0 Å². The lowest BCUT2D eigenvalue weighted by molar-refractivity contribution is -0.187. The molecule has 1 aliphatic rings. The van der Waals surface area contributed by atoms with Gasteiger partial charge in [0.1, 0.15) is 0 Å². The van der Waals surface area contributed by atoms with Crippen LogP contribution in [0.15, 0.2) is 18.2 Å². The first-order valence-electron chi connectivity index (χ1n) is 7.92. The number of hydrogen-bond donors (Lipinski definition) is 2. The summed E-state index contributed by atoms with van der Waals surface area (Å²) in [5.74, 6) is -1.08. The van der Waals surface area contributed by atoms with Gasteiger partial charge in [0.05, 0.1) is 6.54 Å². The van der Waals surface area contributed by atoms with Crippen LogP contribution in [0.2, 0.25) is 0 Å². The molecule has 26 heavy (non-hydrogen) atoms. The number of nitrogens with zero attached hydrogens (tertiary/aromatic N) is 1. The molecule has 1 aliphatic heterocycles. The fourth-order valence-electron chi connectivity index (χ4n) is 2.70. The minimum Gasteiger partial charge on any atom is -0.465 e. The van der Waals surface area contributed by atoms with Crippen LogP contribution in [-0.2, 0) is 11.2 Å². The summed E-state index contributed by atoms with van der Waals surface area (Å²) >= 11 is 0. The quantitative estimate of drug-likeness (QED) is 0.796. The van der Waals surface area contributed by atoms with E-state index in [2.05, 4.69) is 5.32 Å². The number of carbonyl (C=O) groups excluding carboxylic acids is 1. The average Bonchev–Trinajstić information content (AvgIpc) is 2.94. The highest BCUT2D eigenvalue weighted by atomic mass is 19.4. The SMILES string of the molecule is CCN(C(=O)C(F)(F)F)C(C)Cc1ccc2c(c1)OC(CNC(=O)O)O2. The van der Waals surface area contributed by atoms with Gasteiger partial charge in [0, 0.05) is 12.6 Å². The maximum Gasteiger partial charge on any atom is 0.471 e. The molecule has 2 unspecified atom stereocenters. The molecule has 0 fully saturated rings. The predicted octanol–water partition coefficient (Wildman–Crippen LogP) is 2.39. The highest BCUT2D eigenvalue weighted by Crippen LogP contribution is 2.35. The molecular weight excluding hydrogens is 357 g/mol. The number of benzene rings is 1. The number of amides is 2. The molecule has 2 N–H and O–H groups in total. The lowest BCUT2D eigenvalue weighted by atomic mass is 10.0. The van der Waals surface area contributed by atoms with Gasteiger partial charge in [-0.05, 0) is 38.0 Å². The first kappa shape index (κ1) is 19.7. The molecule has 144 valence electrons. The summed E-state index contributed by atoms with van der Waals surface area (Å²) in [6, 6.07) is 4.20. The summed E-state index contributed by atoms with van der Waals surface area (Å²) < 4.78 is 48.9. The van der Waals surface area contributed by atoms with Crippen molar-refractivity contribution in [2.45, 2.75) is 38.8 Å². The van der Waals surface area contributed by atoms with E-state index in [4.69, 9.17) is 14.6 Å². The summed E-state index contributed by atoms with van der Waals surface area (Å²) in [6.07, 6.45) is -6.74. The molecule has 10 heteroatoms. The lowest BCUT2D eigenvalue weighted by Crippen LogP contribution is -2.46. The highest BCUT2D eigenvalue weighted by molar-refractivity contribution is 5.82. The molecule has 0 saturated carbocycles. The van der Waals surface area contributed by atoms with E-state index in [1.165, 1.54) is 13.8 Å².